The molecule has 0 saturated carbocycles. The van der Waals surface area contributed by atoms with Gasteiger partial charge in [0, 0.05) is 52.2 Å². The summed E-state index contributed by atoms with van der Waals surface area (Å²) in [6.07, 6.45) is 4.30. The van der Waals surface area contributed by atoms with Gasteiger partial charge in [0.25, 0.3) is 0 Å². The van der Waals surface area contributed by atoms with Gasteiger partial charge in [0.1, 0.15) is 0 Å². The van der Waals surface area contributed by atoms with Crippen LogP contribution in [0.4, 0.5) is 0 Å². The smallest absolute Gasteiger partial charge is 0.194 e. The van der Waals surface area contributed by atoms with E-state index >= 15 is 0 Å². The van der Waals surface area contributed by atoms with Crippen LogP contribution in [0.2, 0.25) is 5.02 Å². The van der Waals surface area contributed by atoms with E-state index in [1.165, 1.54) is 24.2 Å². The maximum absolute atomic E-state index is 6.13. The van der Waals surface area contributed by atoms with Crippen molar-refractivity contribution in [3.05, 3.63) is 58.9 Å². The summed E-state index contributed by atoms with van der Waals surface area (Å²) < 4.78 is 2.07. The Kier molecular flexibility index (Phi) is 8.01. The van der Waals surface area contributed by atoms with Crippen LogP contribution in [0.25, 0.3) is 0 Å². The Hall–Kier alpha value is -1.98. The molecule has 0 radical (unpaired) electrons. The first-order chi connectivity index (χ1) is 14.0. The van der Waals surface area contributed by atoms with E-state index in [9.17, 15) is 0 Å². The number of nitrogens with one attached hydrogen (secondary N) is 1. The second-order valence-electron chi connectivity index (χ2n) is 8.00. The number of nitrogens with zero attached hydrogens (tertiary/aromatic N) is 4. The largest absolute Gasteiger partial charge is 0.357 e. The van der Waals surface area contributed by atoms with Crippen LogP contribution in [0, 0.1) is 5.92 Å². The van der Waals surface area contributed by atoms with Crippen LogP contribution >= 0.6 is 11.6 Å². The summed E-state index contributed by atoms with van der Waals surface area (Å²) in [4.78, 5) is 9.70. The number of hydrogen-bond donors (Lipinski definition) is 1. The minimum absolute atomic E-state index is 0.636. The number of aliphatic imine (C=N–C) groups is 1. The Balaban J connectivity index is 1.50. The summed E-state index contributed by atoms with van der Waals surface area (Å²) in [5, 5.41) is 4.21. The van der Waals surface area contributed by atoms with E-state index in [-0.39, 0.29) is 0 Å². The van der Waals surface area contributed by atoms with Crippen molar-refractivity contribution in [2.45, 2.75) is 26.3 Å². The van der Waals surface area contributed by atoms with Crippen LogP contribution in [-0.2, 0) is 20.0 Å². The highest BCUT2D eigenvalue weighted by atomic mass is 35.5. The van der Waals surface area contributed by atoms with Gasteiger partial charge in [-0.05, 0) is 43.9 Å². The third-order valence-electron chi connectivity index (χ3n) is 5.60. The first-order valence-corrected chi connectivity index (χ1v) is 11.0. The van der Waals surface area contributed by atoms with Gasteiger partial charge in [-0.25, -0.2) is 0 Å². The molecule has 0 spiro atoms. The Morgan fingerprint density at radius 2 is 2.10 bits per heavy atom. The molecule has 1 N–H and O–H groups in total. The molecule has 158 valence electrons. The van der Waals surface area contributed by atoms with Crippen molar-refractivity contribution >= 4 is 17.6 Å². The SMILES string of the molecule is CCNC(=NCC1CCN(CCc2ccccc2)C1)N(C)Cc1cc(Cl)cn1C. The van der Waals surface area contributed by atoms with Gasteiger partial charge in [-0.2, -0.15) is 0 Å². The maximum Gasteiger partial charge on any atom is 0.194 e. The molecule has 1 unspecified atom stereocenters. The minimum atomic E-state index is 0.636. The van der Waals surface area contributed by atoms with Gasteiger partial charge in [-0.15, -0.1) is 0 Å². The van der Waals surface area contributed by atoms with Gasteiger partial charge in [-0.1, -0.05) is 41.9 Å². The van der Waals surface area contributed by atoms with Gasteiger partial charge in [0.05, 0.1) is 11.6 Å². The quantitative estimate of drug-likeness (QED) is 0.528. The van der Waals surface area contributed by atoms with Gasteiger partial charge in [0.15, 0.2) is 5.96 Å². The van der Waals surface area contributed by atoms with Crippen molar-refractivity contribution in [3.8, 4) is 0 Å². The number of rotatable bonds is 8. The van der Waals surface area contributed by atoms with Crippen LogP contribution in [0.1, 0.15) is 24.6 Å². The van der Waals surface area contributed by atoms with Crippen molar-refractivity contribution in [1.29, 1.82) is 0 Å². The first kappa shape index (κ1) is 21.7. The molecule has 3 rings (SSSR count). The molecule has 1 aliphatic rings. The molecule has 0 amide bonds. The van der Waals surface area contributed by atoms with E-state index in [0.29, 0.717) is 5.92 Å². The molecule has 1 aliphatic heterocycles. The lowest BCUT2D eigenvalue weighted by Crippen LogP contribution is -2.39. The molecule has 2 heterocycles. The average Bonchev–Trinajstić information content (AvgIpc) is 3.30. The molecule has 2 aromatic rings. The van der Waals surface area contributed by atoms with Crippen molar-refractivity contribution in [2.24, 2.45) is 18.0 Å². The lowest BCUT2D eigenvalue weighted by molar-refractivity contribution is 0.329. The van der Waals surface area contributed by atoms with Crippen molar-refractivity contribution in [2.75, 3.05) is 39.8 Å². The molecular weight excluding hydrogens is 382 g/mol. The number of aromatic nitrogens is 1. The molecule has 1 aromatic carbocycles. The van der Waals surface area contributed by atoms with E-state index in [2.05, 4.69) is 64.0 Å². The number of halogens is 1. The second-order valence-corrected chi connectivity index (χ2v) is 8.44. The van der Waals surface area contributed by atoms with Gasteiger partial charge < -0.3 is 19.7 Å². The lowest BCUT2D eigenvalue weighted by atomic mass is 10.1. The van der Waals surface area contributed by atoms with E-state index in [0.717, 1.165) is 50.1 Å². The summed E-state index contributed by atoms with van der Waals surface area (Å²) >= 11 is 6.13. The molecular formula is C23H34ClN5. The fourth-order valence-corrected chi connectivity index (χ4v) is 4.20. The molecule has 1 fully saturated rings. The molecule has 0 aliphatic carbocycles. The predicted molar refractivity (Wildman–Crippen MR) is 123 cm³/mol. The van der Waals surface area contributed by atoms with Crippen molar-refractivity contribution < 1.29 is 0 Å². The number of likely N-dealkylation sites (tertiary alicyclic amines) is 1. The van der Waals surface area contributed by atoms with Gasteiger partial charge >= 0.3 is 0 Å². The van der Waals surface area contributed by atoms with Gasteiger partial charge in [-0.3, -0.25) is 4.99 Å². The summed E-state index contributed by atoms with van der Waals surface area (Å²) in [5.41, 5.74) is 2.60. The Morgan fingerprint density at radius 1 is 1.31 bits per heavy atom. The number of guanidine groups is 1. The molecule has 1 saturated heterocycles. The summed E-state index contributed by atoms with van der Waals surface area (Å²) in [7, 11) is 4.12. The monoisotopic (exact) mass is 415 g/mol. The standard InChI is InChI=1S/C23H34ClN5/c1-4-25-23(28(3)18-22-14-21(24)17-27(22)2)26-15-20-11-13-29(16-20)12-10-19-8-6-5-7-9-19/h5-9,14,17,20H,4,10-13,15-16,18H2,1-3H3,(H,25,26). The predicted octanol–water partition coefficient (Wildman–Crippen LogP) is 3.64. The van der Waals surface area contributed by atoms with Crippen LogP contribution in [-0.4, -0.2) is 60.1 Å². The Labute approximate surface area is 180 Å². The van der Waals surface area contributed by atoms with Crippen LogP contribution in [0.15, 0.2) is 47.6 Å². The fraction of sp³-hybridized carbons (Fsp3) is 0.522. The highest BCUT2D eigenvalue weighted by Gasteiger charge is 2.22. The number of benzene rings is 1. The number of hydrogen-bond acceptors (Lipinski definition) is 2. The second kappa shape index (κ2) is 10.7. The third-order valence-corrected chi connectivity index (χ3v) is 5.81. The highest BCUT2D eigenvalue weighted by Crippen LogP contribution is 2.18. The van der Waals surface area contributed by atoms with Crippen molar-refractivity contribution in [3.63, 3.8) is 0 Å². The Morgan fingerprint density at radius 3 is 2.79 bits per heavy atom. The van der Waals surface area contributed by atoms with Crippen molar-refractivity contribution in [1.82, 2.24) is 19.7 Å². The third kappa shape index (κ3) is 6.51. The summed E-state index contributed by atoms with van der Waals surface area (Å²) in [5.74, 6) is 1.60. The minimum Gasteiger partial charge on any atom is -0.357 e. The molecule has 1 aromatic heterocycles. The maximum atomic E-state index is 6.13. The van der Waals surface area contributed by atoms with E-state index in [4.69, 9.17) is 16.6 Å². The average molecular weight is 416 g/mol. The molecule has 6 heteroatoms. The van der Waals surface area contributed by atoms with Crippen LogP contribution in [0.5, 0.6) is 0 Å². The van der Waals surface area contributed by atoms with E-state index in [1.807, 2.05) is 19.3 Å². The topological polar surface area (TPSA) is 35.8 Å². The lowest BCUT2D eigenvalue weighted by Gasteiger charge is -2.23. The highest BCUT2D eigenvalue weighted by molar-refractivity contribution is 6.30. The number of aryl methyl sites for hydroxylation is 1. The zero-order chi connectivity index (χ0) is 20.6. The zero-order valence-corrected chi connectivity index (χ0v) is 18.7. The van der Waals surface area contributed by atoms with Gasteiger partial charge in [0.2, 0.25) is 0 Å². The summed E-state index contributed by atoms with van der Waals surface area (Å²) in [6.45, 7) is 8.10. The molecule has 1 atom stereocenters. The molecule has 0 bridgehead atoms. The normalized spacial score (nSPS) is 17.7. The van der Waals surface area contributed by atoms with E-state index in [1.54, 1.807) is 0 Å². The Bertz CT molecular complexity index is 786. The zero-order valence-electron chi connectivity index (χ0n) is 17.9. The summed E-state index contributed by atoms with van der Waals surface area (Å²) in [6, 6.07) is 12.8. The van der Waals surface area contributed by atoms with Crippen LogP contribution in [0.3, 0.4) is 0 Å². The molecule has 29 heavy (non-hydrogen) atoms. The van der Waals surface area contributed by atoms with Crippen LogP contribution < -0.4 is 5.32 Å². The fourth-order valence-electron chi connectivity index (χ4n) is 3.92. The van der Waals surface area contributed by atoms with E-state index < -0.39 is 0 Å². The molecule has 5 nitrogen and oxygen atoms in total. The first-order valence-electron chi connectivity index (χ1n) is 10.6.